The number of ether oxygens (including phenoxy) is 3. The van der Waals surface area contributed by atoms with Gasteiger partial charge in [-0.15, -0.1) is 0 Å². The second-order valence-electron chi connectivity index (χ2n) is 7.22. The standard InChI is InChI=1S/C21H23F2N5O3/c1-27(2)20-19-12(11-24-21(26-19)28-5-7-31-8-6-28)9-13(25-20)16-17(22)14(29-3)10-15(30-4)18(16)23/h9-11H,5-8H2,1-4H3. The Morgan fingerprint density at radius 2 is 1.65 bits per heavy atom. The van der Waals surface area contributed by atoms with Gasteiger partial charge in [0.05, 0.1) is 38.7 Å². The lowest BCUT2D eigenvalue weighted by Crippen LogP contribution is -2.37. The molecule has 0 bridgehead atoms. The minimum atomic E-state index is -0.858. The van der Waals surface area contributed by atoms with E-state index in [0.29, 0.717) is 49.0 Å². The van der Waals surface area contributed by atoms with Crippen LogP contribution >= 0.6 is 0 Å². The topological polar surface area (TPSA) is 72.8 Å². The zero-order valence-corrected chi connectivity index (χ0v) is 17.8. The first-order chi connectivity index (χ1) is 14.9. The first-order valence-corrected chi connectivity index (χ1v) is 9.72. The molecule has 1 aliphatic rings. The Morgan fingerprint density at radius 1 is 1.00 bits per heavy atom. The number of hydrogen-bond donors (Lipinski definition) is 0. The summed E-state index contributed by atoms with van der Waals surface area (Å²) in [6, 6.07) is 2.73. The summed E-state index contributed by atoms with van der Waals surface area (Å²) in [5.74, 6) is -0.966. The van der Waals surface area contributed by atoms with Gasteiger partial charge in [0, 0.05) is 44.8 Å². The fourth-order valence-electron chi connectivity index (χ4n) is 3.48. The molecule has 10 heteroatoms. The second-order valence-corrected chi connectivity index (χ2v) is 7.22. The lowest BCUT2D eigenvalue weighted by molar-refractivity contribution is 0.122. The molecule has 0 amide bonds. The summed E-state index contributed by atoms with van der Waals surface area (Å²) in [7, 11) is 6.20. The van der Waals surface area contributed by atoms with Crippen molar-refractivity contribution in [1.29, 1.82) is 0 Å². The number of halogens is 2. The zero-order chi connectivity index (χ0) is 22.1. The molecule has 4 rings (SSSR count). The number of pyridine rings is 1. The Hall–Kier alpha value is -3.27. The number of benzene rings is 1. The molecule has 0 radical (unpaired) electrons. The quantitative estimate of drug-likeness (QED) is 0.611. The van der Waals surface area contributed by atoms with Crippen LogP contribution in [0.2, 0.25) is 0 Å². The van der Waals surface area contributed by atoms with Crippen LogP contribution in [0.4, 0.5) is 20.5 Å². The molecule has 1 aliphatic heterocycles. The van der Waals surface area contributed by atoms with Crippen LogP contribution in [0.3, 0.4) is 0 Å². The van der Waals surface area contributed by atoms with Gasteiger partial charge in [-0.25, -0.2) is 23.7 Å². The van der Waals surface area contributed by atoms with E-state index in [0.717, 1.165) is 0 Å². The van der Waals surface area contributed by atoms with Crippen molar-refractivity contribution in [2.24, 2.45) is 0 Å². The van der Waals surface area contributed by atoms with Crippen LogP contribution in [0.5, 0.6) is 11.5 Å². The molecule has 0 aliphatic carbocycles. The highest BCUT2D eigenvalue weighted by Crippen LogP contribution is 2.38. The molecule has 164 valence electrons. The summed E-state index contributed by atoms with van der Waals surface area (Å²) >= 11 is 0. The smallest absolute Gasteiger partial charge is 0.226 e. The van der Waals surface area contributed by atoms with Gasteiger partial charge in [0.25, 0.3) is 0 Å². The van der Waals surface area contributed by atoms with Gasteiger partial charge in [0.1, 0.15) is 5.52 Å². The third-order valence-electron chi connectivity index (χ3n) is 5.08. The molecule has 31 heavy (non-hydrogen) atoms. The van der Waals surface area contributed by atoms with Gasteiger partial charge in [-0.3, -0.25) is 0 Å². The predicted molar refractivity (Wildman–Crippen MR) is 113 cm³/mol. The molecule has 1 saturated heterocycles. The average molecular weight is 431 g/mol. The Kier molecular flexibility index (Phi) is 5.73. The van der Waals surface area contributed by atoms with Crippen LogP contribution in [-0.2, 0) is 4.74 Å². The number of rotatable bonds is 5. The molecule has 0 N–H and O–H groups in total. The molecule has 3 aromatic rings. The average Bonchev–Trinajstić information content (AvgIpc) is 2.79. The van der Waals surface area contributed by atoms with E-state index in [1.165, 1.54) is 20.3 Å². The zero-order valence-electron chi connectivity index (χ0n) is 17.8. The van der Waals surface area contributed by atoms with Crippen LogP contribution in [0.1, 0.15) is 0 Å². The maximum Gasteiger partial charge on any atom is 0.226 e. The van der Waals surface area contributed by atoms with Crippen molar-refractivity contribution in [3.8, 4) is 22.8 Å². The lowest BCUT2D eigenvalue weighted by atomic mass is 10.1. The summed E-state index contributed by atoms with van der Waals surface area (Å²) in [6.07, 6.45) is 1.64. The van der Waals surface area contributed by atoms with E-state index >= 15 is 8.78 Å². The second kappa shape index (κ2) is 8.46. The van der Waals surface area contributed by atoms with Gasteiger partial charge in [0.2, 0.25) is 5.95 Å². The third kappa shape index (κ3) is 3.78. The third-order valence-corrected chi connectivity index (χ3v) is 5.08. The molecular weight excluding hydrogens is 408 g/mol. The van der Waals surface area contributed by atoms with Gasteiger partial charge < -0.3 is 24.0 Å². The van der Waals surface area contributed by atoms with Gasteiger partial charge >= 0.3 is 0 Å². The Bertz CT molecular complexity index is 1090. The van der Waals surface area contributed by atoms with Gasteiger partial charge in [-0.05, 0) is 6.07 Å². The van der Waals surface area contributed by atoms with Crippen LogP contribution in [0, 0.1) is 11.6 Å². The molecule has 2 aromatic heterocycles. The lowest BCUT2D eigenvalue weighted by Gasteiger charge is -2.27. The van der Waals surface area contributed by atoms with Crippen molar-refractivity contribution in [1.82, 2.24) is 15.0 Å². The molecule has 1 fully saturated rings. The SMILES string of the molecule is COc1cc(OC)c(F)c(-c2cc3cnc(N4CCOCC4)nc3c(N(C)C)n2)c1F. The maximum absolute atomic E-state index is 15.1. The van der Waals surface area contributed by atoms with Crippen molar-refractivity contribution >= 4 is 22.7 Å². The number of hydrogen-bond acceptors (Lipinski definition) is 8. The first-order valence-electron chi connectivity index (χ1n) is 9.72. The van der Waals surface area contributed by atoms with Gasteiger partial charge in [0.15, 0.2) is 29.0 Å². The van der Waals surface area contributed by atoms with E-state index in [2.05, 4.69) is 15.0 Å². The Balaban J connectivity index is 1.91. The molecule has 8 nitrogen and oxygen atoms in total. The van der Waals surface area contributed by atoms with Crippen molar-refractivity contribution in [2.75, 3.05) is 64.4 Å². The van der Waals surface area contributed by atoms with E-state index in [4.69, 9.17) is 14.2 Å². The Morgan fingerprint density at radius 3 is 2.23 bits per heavy atom. The van der Waals surface area contributed by atoms with Gasteiger partial charge in [-0.2, -0.15) is 0 Å². The summed E-state index contributed by atoms with van der Waals surface area (Å²) in [5.41, 5.74) is 0.338. The van der Waals surface area contributed by atoms with Gasteiger partial charge in [-0.1, -0.05) is 0 Å². The number of aromatic nitrogens is 3. The fraction of sp³-hybridized carbons (Fsp3) is 0.381. The number of fused-ring (bicyclic) bond motifs is 1. The van der Waals surface area contributed by atoms with Crippen molar-refractivity contribution in [3.05, 3.63) is 30.0 Å². The predicted octanol–water partition coefficient (Wildman–Crippen LogP) is 2.89. The summed E-state index contributed by atoms with van der Waals surface area (Å²) in [6.45, 7) is 2.59. The number of nitrogens with zero attached hydrogens (tertiary/aromatic N) is 5. The molecule has 0 unspecified atom stereocenters. The van der Waals surface area contributed by atoms with Crippen LogP contribution in [-0.4, -0.2) is 69.6 Å². The van der Waals surface area contributed by atoms with E-state index in [1.54, 1.807) is 31.3 Å². The fourth-order valence-corrected chi connectivity index (χ4v) is 3.48. The van der Waals surface area contributed by atoms with E-state index < -0.39 is 11.6 Å². The first kappa shape index (κ1) is 21.0. The molecular formula is C21H23F2N5O3. The molecule has 0 atom stereocenters. The minimum absolute atomic E-state index is 0.0890. The molecule has 0 saturated carbocycles. The normalized spacial score (nSPS) is 14.1. The van der Waals surface area contributed by atoms with Crippen molar-refractivity contribution in [3.63, 3.8) is 0 Å². The largest absolute Gasteiger partial charge is 0.494 e. The highest BCUT2D eigenvalue weighted by molar-refractivity contribution is 5.92. The highest BCUT2D eigenvalue weighted by Gasteiger charge is 2.24. The van der Waals surface area contributed by atoms with E-state index in [-0.39, 0.29) is 22.8 Å². The van der Waals surface area contributed by atoms with E-state index in [1.807, 2.05) is 4.90 Å². The summed E-state index contributed by atoms with van der Waals surface area (Å²) < 4.78 is 45.6. The van der Waals surface area contributed by atoms with Crippen LogP contribution < -0.4 is 19.3 Å². The maximum atomic E-state index is 15.1. The summed E-state index contributed by atoms with van der Waals surface area (Å²) in [5, 5.41) is 0.603. The van der Waals surface area contributed by atoms with E-state index in [9.17, 15) is 0 Å². The van der Waals surface area contributed by atoms with Crippen molar-refractivity contribution in [2.45, 2.75) is 0 Å². The Labute approximate surface area is 178 Å². The molecule has 1 aromatic carbocycles. The number of morpholine rings is 1. The number of anilines is 2. The monoisotopic (exact) mass is 431 g/mol. The van der Waals surface area contributed by atoms with Crippen molar-refractivity contribution < 1.29 is 23.0 Å². The minimum Gasteiger partial charge on any atom is -0.494 e. The highest BCUT2D eigenvalue weighted by atomic mass is 19.1. The molecule has 3 heterocycles. The van der Waals surface area contributed by atoms with Crippen LogP contribution in [0.15, 0.2) is 18.3 Å². The number of methoxy groups -OCH3 is 2. The molecule has 0 spiro atoms. The van der Waals surface area contributed by atoms with Crippen LogP contribution in [0.25, 0.3) is 22.2 Å². The summed E-state index contributed by atoms with van der Waals surface area (Å²) in [4.78, 5) is 17.4.